The maximum Gasteiger partial charge on any atom is 0.0625 e. The SMILES string of the molecule is CCc1cc(CN2CCN(CC(C)CN)CC2)n(C)n1. The van der Waals surface area contributed by atoms with Gasteiger partial charge in [-0.2, -0.15) is 5.10 Å². The lowest BCUT2D eigenvalue weighted by Gasteiger charge is -2.35. The average Bonchev–Trinajstić information content (AvgIpc) is 2.81. The molecule has 2 N–H and O–H groups in total. The molecule has 1 atom stereocenters. The Morgan fingerprint density at radius 3 is 2.45 bits per heavy atom. The minimum atomic E-state index is 0.603. The van der Waals surface area contributed by atoms with Gasteiger partial charge in [0.25, 0.3) is 0 Å². The smallest absolute Gasteiger partial charge is 0.0625 e. The van der Waals surface area contributed by atoms with Gasteiger partial charge in [0.15, 0.2) is 0 Å². The van der Waals surface area contributed by atoms with E-state index in [1.54, 1.807) is 0 Å². The van der Waals surface area contributed by atoms with Gasteiger partial charge in [0.05, 0.1) is 11.4 Å². The summed E-state index contributed by atoms with van der Waals surface area (Å²) in [6.45, 7) is 11.9. The van der Waals surface area contributed by atoms with Gasteiger partial charge in [0.1, 0.15) is 0 Å². The summed E-state index contributed by atoms with van der Waals surface area (Å²) in [5.41, 5.74) is 8.22. The van der Waals surface area contributed by atoms with Crippen molar-refractivity contribution in [2.24, 2.45) is 18.7 Å². The fourth-order valence-electron chi connectivity index (χ4n) is 2.77. The lowest BCUT2D eigenvalue weighted by Crippen LogP contribution is -2.47. The molecule has 1 aliphatic rings. The molecule has 2 rings (SSSR count). The molecule has 114 valence electrons. The highest BCUT2D eigenvalue weighted by Gasteiger charge is 2.19. The second-order valence-electron chi connectivity index (χ2n) is 6.02. The highest BCUT2D eigenvalue weighted by Crippen LogP contribution is 2.11. The molecule has 20 heavy (non-hydrogen) atoms. The van der Waals surface area contributed by atoms with Gasteiger partial charge < -0.3 is 10.6 Å². The Kier molecular flexibility index (Phi) is 5.57. The standard InChI is InChI=1S/C15H29N5/c1-4-14-9-15(18(3)17-14)12-20-7-5-19(6-8-20)11-13(2)10-16/h9,13H,4-8,10-12,16H2,1-3H3. The van der Waals surface area contributed by atoms with Gasteiger partial charge in [-0.3, -0.25) is 9.58 Å². The minimum Gasteiger partial charge on any atom is -0.330 e. The van der Waals surface area contributed by atoms with E-state index in [1.807, 2.05) is 11.7 Å². The van der Waals surface area contributed by atoms with Gasteiger partial charge in [-0.1, -0.05) is 13.8 Å². The van der Waals surface area contributed by atoms with Crippen molar-refractivity contribution in [1.82, 2.24) is 19.6 Å². The predicted octanol–water partition coefficient (Wildman–Crippen LogP) is 0.695. The highest BCUT2D eigenvalue weighted by molar-refractivity contribution is 5.10. The summed E-state index contributed by atoms with van der Waals surface area (Å²) in [5.74, 6) is 0.603. The number of rotatable bonds is 6. The lowest BCUT2D eigenvalue weighted by atomic mass is 10.1. The summed E-state index contributed by atoms with van der Waals surface area (Å²) < 4.78 is 2.03. The van der Waals surface area contributed by atoms with E-state index in [9.17, 15) is 0 Å². The zero-order valence-electron chi connectivity index (χ0n) is 13.2. The molecular formula is C15H29N5. The van der Waals surface area contributed by atoms with Crippen molar-refractivity contribution in [3.63, 3.8) is 0 Å². The topological polar surface area (TPSA) is 50.3 Å². The highest BCUT2D eigenvalue weighted by atomic mass is 15.3. The average molecular weight is 279 g/mol. The molecule has 1 aromatic heterocycles. The summed E-state index contributed by atoms with van der Waals surface area (Å²) in [6, 6.07) is 2.24. The Bertz CT molecular complexity index is 406. The Hall–Kier alpha value is -0.910. The van der Waals surface area contributed by atoms with E-state index in [0.29, 0.717) is 5.92 Å². The van der Waals surface area contributed by atoms with Crippen molar-refractivity contribution >= 4 is 0 Å². The molecule has 1 fully saturated rings. The monoisotopic (exact) mass is 279 g/mol. The van der Waals surface area contributed by atoms with Crippen LogP contribution in [-0.2, 0) is 20.0 Å². The first-order valence-electron chi connectivity index (χ1n) is 7.79. The Balaban J connectivity index is 1.80. The number of piperazine rings is 1. The number of nitrogens with zero attached hydrogens (tertiary/aromatic N) is 4. The molecule has 0 saturated carbocycles. The van der Waals surface area contributed by atoms with Gasteiger partial charge in [0.2, 0.25) is 0 Å². The number of hydrogen-bond acceptors (Lipinski definition) is 4. The fourth-order valence-corrected chi connectivity index (χ4v) is 2.77. The second-order valence-corrected chi connectivity index (χ2v) is 6.02. The molecule has 0 amide bonds. The van der Waals surface area contributed by atoms with E-state index in [-0.39, 0.29) is 0 Å². The van der Waals surface area contributed by atoms with Crippen LogP contribution in [0.15, 0.2) is 6.07 Å². The number of aryl methyl sites for hydroxylation is 2. The van der Waals surface area contributed by atoms with Crippen molar-refractivity contribution in [1.29, 1.82) is 0 Å². The first kappa shape index (κ1) is 15.5. The third kappa shape index (κ3) is 4.04. The lowest BCUT2D eigenvalue weighted by molar-refractivity contribution is 0.114. The minimum absolute atomic E-state index is 0.603. The zero-order valence-corrected chi connectivity index (χ0v) is 13.2. The van der Waals surface area contributed by atoms with Crippen molar-refractivity contribution in [2.45, 2.75) is 26.8 Å². The van der Waals surface area contributed by atoms with Crippen LogP contribution in [-0.4, -0.2) is 58.8 Å². The first-order chi connectivity index (χ1) is 9.62. The Morgan fingerprint density at radius 2 is 1.90 bits per heavy atom. The molecule has 0 aromatic carbocycles. The molecule has 5 heteroatoms. The third-order valence-corrected chi connectivity index (χ3v) is 4.21. The fraction of sp³-hybridized carbons (Fsp3) is 0.800. The van der Waals surface area contributed by atoms with E-state index in [1.165, 1.54) is 11.4 Å². The largest absolute Gasteiger partial charge is 0.330 e. The van der Waals surface area contributed by atoms with E-state index < -0.39 is 0 Å². The Labute approximate surface area is 122 Å². The predicted molar refractivity (Wildman–Crippen MR) is 82.5 cm³/mol. The number of nitrogens with two attached hydrogens (primary N) is 1. The zero-order chi connectivity index (χ0) is 14.5. The van der Waals surface area contributed by atoms with Gasteiger partial charge in [-0.25, -0.2) is 0 Å². The summed E-state index contributed by atoms with van der Waals surface area (Å²) in [5, 5.41) is 4.53. The molecule has 0 bridgehead atoms. The molecule has 0 radical (unpaired) electrons. The quantitative estimate of drug-likeness (QED) is 0.832. The molecular weight excluding hydrogens is 250 g/mol. The summed E-state index contributed by atoms with van der Waals surface area (Å²) in [6.07, 6.45) is 1.01. The normalized spacial score (nSPS) is 19.4. The summed E-state index contributed by atoms with van der Waals surface area (Å²) in [4.78, 5) is 5.06. The van der Waals surface area contributed by atoms with Crippen LogP contribution in [0.3, 0.4) is 0 Å². The van der Waals surface area contributed by atoms with E-state index in [2.05, 4.69) is 34.8 Å². The first-order valence-corrected chi connectivity index (χ1v) is 7.79. The van der Waals surface area contributed by atoms with Crippen LogP contribution >= 0.6 is 0 Å². The van der Waals surface area contributed by atoms with Gasteiger partial charge >= 0.3 is 0 Å². The molecule has 1 aromatic rings. The van der Waals surface area contributed by atoms with Crippen LogP contribution in [0.2, 0.25) is 0 Å². The van der Waals surface area contributed by atoms with Crippen molar-refractivity contribution < 1.29 is 0 Å². The van der Waals surface area contributed by atoms with Crippen LogP contribution in [0.4, 0.5) is 0 Å². The van der Waals surface area contributed by atoms with Gasteiger partial charge in [-0.15, -0.1) is 0 Å². The number of aromatic nitrogens is 2. The third-order valence-electron chi connectivity index (χ3n) is 4.21. The van der Waals surface area contributed by atoms with Crippen LogP contribution in [0.5, 0.6) is 0 Å². The van der Waals surface area contributed by atoms with E-state index in [0.717, 1.165) is 52.2 Å². The molecule has 0 aliphatic carbocycles. The maximum absolute atomic E-state index is 5.70. The van der Waals surface area contributed by atoms with Crippen LogP contribution in [0, 0.1) is 5.92 Å². The van der Waals surface area contributed by atoms with E-state index in [4.69, 9.17) is 5.73 Å². The molecule has 1 saturated heterocycles. The van der Waals surface area contributed by atoms with Crippen LogP contribution in [0.1, 0.15) is 25.2 Å². The maximum atomic E-state index is 5.70. The number of hydrogen-bond donors (Lipinski definition) is 1. The Morgan fingerprint density at radius 1 is 1.25 bits per heavy atom. The van der Waals surface area contributed by atoms with Crippen molar-refractivity contribution in [2.75, 3.05) is 39.3 Å². The molecule has 5 nitrogen and oxygen atoms in total. The summed E-state index contributed by atoms with van der Waals surface area (Å²) >= 11 is 0. The second kappa shape index (κ2) is 7.20. The molecule has 1 unspecified atom stereocenters. The van der Waals surface area contributed by atoms with Gasteiger partial charge in [-0.05, 0) is 24.9 Å². The van der Waals surface area contributed by atoms with Gasteiger partial charge in [0, 0.05) is 46.3 Å². The van der Waals surface area contributed by atoms with E-state index >= 15 is 0 Å². The van der Waals surface area contributed by atoms with Crippen molar-refractivity contribution in [3.8, 4) is 0 Å². The van der Waals surface area contributed by atoms with Crippen molar-refractivity contribution in [3.05, 3.63) is 17.5 Å². The molecule has 2 heterocycles. The molecule has 1 aliphatic heterocycles. The van der Waals surface area contributed by atoms with Crippen LogP contribution < -0.4 is 5.73 Å². The summed E-state index contributed by atoms with van der Waals surface area (Å²) in [7, 11) is 2.05. The van der Waals surface area contributed by atoms with Crippen LogP contribution in [0.25, 0.3) is 0 Å². The molecule has 0 spiro atoms.